The van der Waals surface area contributed by atoms with Crippen molar-refractivity contribution < 1.29 is 4.21 Å². The van der Waals surface area contributed by atoms with Crippen LogP contribution in [0.3, 0.4) is 0 Å². The average molecular weight is 263 g/mol. The molecule has 4 nitrogen and oxygen atoms in total. The summed E-state index contributed by atoms with van der Waals surface area (Å²) in [5.41, 5.74) is 8.42. The molecule has 0 bridgehead atoms. The van der Waals surface area contributed by atoms with Gasteiger partial charge in [0.25, 0.3) is 0 Å². The third-order valence-electron chi connectivity index (χ3n) is 2.72. The Kier molecular flexibility index (Phi) is 4.15. The highest BCUT2D eigenvalue weighted by molar-refractivity contribution is 7.84. The van der Waals surface area contributed by atoms with Crippen LogP contribution in [-0.2, 0) is 10.8 Å². The average Bonchev–Trinajstić information content (AvgIpc) is 2.37. The van der Waals surface area contributed by atoms with Gasteiger partial charge in [-0.25, -0.2) is 0 Å². The molecule has 0 radical (unpaired) electrons. The number of aromatic nitrogens is 1. The molecule has 0 aliphatic carbocycles. The number of nitrogen functional groups attached to an aromatic ring is 1. The molecule has 0 fully saturated rings. The minimum atomic E-state index is -0.727. The van der Waals surface area contributed by atoms with Gasteiger partial charge in [-0.05, 0) is 30.7 Å². The van der Waals surface area contributed by atoms with Crippen LogP contribution >= 0.6 is 0 Å². The summed E-state index contributed by atoms with van der Waals surface area (Å²) in [7, 11) is -0.727. The Morgan fingerprint density at radius 3 is 3.00 bits per heavy atom. The van der Waals surface area contributed by atoms with Gasteiger partial charge in [-0.1, -0.05) is 0 Å². The Morgan fingerprint density at radius 1 is 1.39 bits per heavy atom. The van der Waals surface area contributed by atoms with Crippen LogP contribution in [0.25, 0.3) is 10.9 Å². The number of pyridine rings is 1. The molecule has 18 heavy (non-hydrogen) atoms. The Morgan fingerprint density at radius 2 is 2.22 bits per heavy atom. The topological polar surface area (TPSA) is 68.0 Å². The fourth-order valence-electron chi connectivity index (χ4n) is 1.85. The van der Waals surface area contributed by atoms with Crippen LogP contribution in [0.1, 0.15) is 6.42 Å². The van der Waals surface area contributed by atoms with Gasteiger partial charge in [0.2, 0.25) is 0 Å². The van der Waals surface area contributed by atoms with Gasteiger partial charge < -0.3 is 11.1 Å². The number of anilines is 2. The van der Waals surface area contributed by atoms with E-state index in [0.29, 0.717) is 5.69 Å². The number of nitrogens with two attached hydrogens (primary N) is 1. The summed E-state index contributed by atoms with van der Waals surface area (Å²) in [5.74, 6) is 0.720. The summed E-state index contributed by atoms with van der Waals surface area (Å²) >= 11 is 0. The van der Waals surface area contributed by atoms with Crippen LogP contribution in [0.2, 0.25) is 0 Å². The van der Waals surface area contributed by atoms with E-state index in [0.717, 1.165) is 35.3 Å². The van der Waals surface area contributed by atoms with Gasteiger partial charge in [0, 0.05) is 46.6 Å². The first kappa shape index (κ1) is 12.8. The van der Waals surface area contributed by atoms with Crippen molar-refractivity contribution in [2.24, 2.45) is 0 Å². The van der Waals surface area contributed by atoms with Crippen LogP contribution in [-0.4, -0.2) is 27.7 Å². The molecule has 0 aliphatic heterocycles. The van der Waals surface area contributed by atoms with E-state index < -0.39 is 10.8 Å². The summed E-state index contributed by atoms with van der Waals surface area (Å²) in [6, 6.07) is 7.71. The summed E-state index contributed by atoms with van der Waals surface area (Å²) < 4.78 is 11.0. The molecular weight excluding hydrogens is 246 g/mol. The number of fused-ring (bicyclic) bond motifs is 1. The monoisotopic (exact) mass is 263 g/mol. The molecule has 96 valence electrons. The van der Waals surface area contributed by atoms with Crippen molar-refractivity contribution in [3.8, 4) is 0 Å². The summed E-state index contributed by atoms with van der Waals surface area (Å²) in [6.45, 7) is 0.799. The van der Waals surface area contributed by atoms with Crippen LogP contribution < -0.4 is 11.1 Å². The maximum absolute atomic E-state index is 11.0. The Balaban J connectivity index is 2.14. The first-order valence-corrected chi connectivity index (χ1v) is 7.58. The molecule has 0 saturated heterocycles. The highest BCUT2D eigenvalue weighted by Gasteiger charge is 2.04. The Bertz CT molecular complexity index is 571. The standard InChI is InChI=1S/C13H17N3OS/c1-18(17)9-3-8-15-12-6-5-11(14)13-10(12)4-2-7-16-13/h2,4-7,15H,3,8-9,14H2,1H3. The molecule has 3 N–H and O–H groups in total. The molecule has 1 atom stereocenters. The van der Waals surface area contributed by atoms with Crippen LogP contribution in [0.4, 0.5) is 11.4 Å². The molecule has 0 spiro atoms. The molecule has 1 aromatic carbocycles. The summed E-state index contributed by atoms with van der Waals surface area (Å²) in [5, 5.41) is 4.36. The predicted molar refractivity (Wildman–Crippen MR) is 78.2 cm³/mol. The second-order valence-corrected chi connectivity index (χ2v) is 5.71. The lowest BCUT2D eigenvalue weighted by atomic mass is 10.1. The van der Waals surface area contributed by atoms with Crippen molar-refractivity contribution in [2.45, 2.75) is 6.42 Å². The van der Waals surface area contributed by atoms with E-state index in [2.05, 4.69) is 10.3 Å². The second kappa shape index (κ2) is 5.82. The molecular formula is C13H17N3OS. The van der Waals surface area contributed by atoms with E-state index >= 15 is 0 Å². The highest BCUT2D eigenvalue weighted by Crippen LogP contribution is 2.26. The molecule has 0 amide bonds. The van der Waals surface area contributed by atoms with Crippen molar-refractivity contribution in [3.05, 3.63) is 30.5 Å². The fourth-order valence-corrected chi connectivity index (χ4v) is 2.40. The van der Waals surface area contributed by atoms with Crippen molar-refractivity contribution in [1.82, 2.24) is 4.98 Å². The van der Waals surface area contributed by atoms with Crippen LogP contribution in [0.15, 0.2) is 30.5 Å². The van der Waals surface area contributed by atoms with E-state index in [1.807, 2.05) is 24.3 Å². The molecule has 2 aromatic rings. The zero-order valence-corrected chi connectivity index (χ0v) is 11.2. The van der Waals surface area contributed by atoms with Gasteiger partial charge in [0.05, 0.1) is 11.2 Å². The third kappa shape index (κ3) is 2.98. The lowest BCUT2D eigenvalue weighted by molar-refractivity contribution is 0.685. The minimum Gasteiger partial charge on any atom is -0.397 e. The molecule has 2 rings (SSSR count). The number of nitrogens with zero attached hydrogens (tertiary/aromatic N) is 1. The molecule has 0 aliphatic rings. The van der Waals surface area contributed by atoms with Gasteiger partial charge >= 0.3 is 0 Å². The third-order valence-corrected chi connectivity index (χ3v) is 3.59. The maximum Gasteiger partial charge on any atom is 0.0951 e. The van der Waals surface area contributed by atoms with E-state index in [-0.39, 0.29) is 0 Å². The smallest absolute Gasteiger partial charge is 0.0951 e. The zero-order chi connectivity index (χ0) is 13.0. The predicted octanol–water partition coefficient (Wildman–Crippen LogP) is 2.00. The molecule has 1 heterocycles. The largest absolute Gasteiger partial charge is 0.397 e. The van der Waals surface area contributed by atoms with Crippen molar-refractivity contribution in [3.63, 3.8) is 0 Å². The quantitative estimate of drug-likeness (QED) is 0.639. The lowest BCUT2D eigenvalue weighted by Crippen LogP contribution is -2.06. The van der Waals surface area contributed by atoms with Crippen molar-refractivity contribution in [2.75, 3.05) is 29.6 Å². The Hall–Kier alpha value is -1.62. The van der Waals surface area contributed by atoms with E-state index in [4.69, 9.17) is 5.73 Å². The molecule has 1 unspecified atom stereocenters. The van der Waals surface area contributed by atoms with Gasteiger partial charge in [-0.3, -0.25) is 9.19 Å². The van der Waals surface area contributed by atoms with Gasteiger partial charge in [-0.2, -0.15) is 0 Å². The zero-order valence-electron chi connectivity index (χ0n) is 10.3. The maximum atomic E-state index is 11.0. The van der Waals surface area contributed by atoms with Crippen LogP contribution in [0, 0.1) is 0 Å². The molecule has 5 heteroatoms. The van der Waals surface area contributed by atoms with E-state index in [9.17, 15) is 4.21 Å². The number of benzene rings is 1. The lowest BCUT2D eigenvalue weighted by Gasteiger charge is -2.10. The Labute approximate surface area is 109 Å². The number of hydrogen-bond acceptors (Lipinski definition) is 4. The minimum absolute atomic E-state index is 0.686. The van der Waals surface area contributed by atoms with Crippen molar-refractivity contribution in [1.29, 1.82) is 0 Å². The highest BCUT2D eigenvalue weighted by atomic mass is 32.2. The van der Waals surface area contributed by atoms with E-state index in [1.54, 1.807) is 12.5 Å². The summed E-state index contributed by atoms with van der Waals surface area (Å²) in [6.07, 6.45) is 4.35. The first-order chi connectivity index (χ1) is 8.68. The second-order valence-electron chi connectivity index (χ2n) is 4.16. The fraction of sp³-hybridized carbons (Fsp3) is 0.308. The van der Waals surface area contributed by atoms with E-state index in [1.165, 1.54) is 0 Å². The van der Waals surface area contributed by atoms with Gasteiger partial charge in [0.15, 0.2) is 0 Å². The summed E-state index contributed by atoms with van der Waals surface area (Å²) in [4.78, 5) is 4.28. The van der Waals surface area contributed by atoms with Gasteiger partial charge in [0.1, 0.15) is 0 Å². The molecule has 1 aromatic heterocycles. The SMILES string of the molecule is CS(=O)CCCNc1ccc(N)c2ncccc12. The van der Waals surface area contributed by atoms with Gasteiger partial charge in [-0.15, -0.1) is 0 Å². The number of hydrogen-bond donors (Lipinski definition) is 2. The number of nitrogens with one attached hydrogen (secondary N) is 1. The number of rotatable bonds is 5. The molecule has 0 saturated carbocycles. The first-order valence-electron chi connectivity index (χ1n) is 5.85. The van der Waals surface area contributed by atoms with Crippen LogP contribution in [0.5, 0.6) is 0 Å². The van der Waals surface area contributed by atoms with Crippen molar-refractivity contribution >= 4 is 33.1 Å². The normalized spacial score (nSPS) is 12.5.